The molecule has 106 valence electrons. The number of rotatable bonds is 6. The number of thiazole rings is 1. The molecule has 1 heterocycles. The van der Waals surface area contributed by atoms with Crippen molar-refractivity contribution in [1.82, 2.24) is 4.98 Å². The van der Waals surface area contributed by atoms with Crippen LogP contribution in [0.3, 0.4) is 0 Å². The van der Waals surface area contributed by atoms with E-state index in [9.17, 15) is 4.79 Å². The zero-order valence-electron chi connectivity index (χ0n) is 11.0. The molecule has 20 heavy (non-hydrogen) atoms. The van der Waals surface area contributed by atoms with E-state index < -0.39 is 0 Å². The number of anilines is 2. The number of thioether (sulfide) groups is 1. The van der Waals surface area contributed by atoms with Gasteiger partial charge in [0.25, 0.3) is 0 Å². The van der Waals surface area contributed by atoms with E-state index in [0.717, 1.165) is 4.34 Å². The summed E-state index contributed by atoms with van der Waals surface area (Å²) in [7, 11) is 1.57. The molecule has 0 aliphatic rings. The summed E-state index contributed by atoms with van der Waals surface area (Å²) < 4.78 is 6.03. The van der Waals surface area contributed by atoms with Crippen LogP contribution in [-0.4, -0.2) is 23.8 Å². The minimum absolute atomic E-state index is 0.0640. The molecular formula is C13H15N3O2S2. The zero-order valence-corrected chi connectivity index (χ0v) is 12.6. The van der Waals surface area contributed by atoms with Crippen molar-refractivity contribution in [2.24, 2.45) is 0 Å². The molecule has 0 aliphatic heterocycles. The van der Waals surface area contributed by atoms with Crippen molar-refractivity contribution >= 4 is 40.4 Å². The quantitative estimate of drug-likeness (QED) is 0.634. The molecule has 1 amide bonds. The van der Waals surface area contributed by atoms with Gasteiger partial charge < -0.3 is 15.8 Å². The number of nitrogen functional groups attached to an aromatic ring is 1. The molecule has 0 spiro atoms. The summed E-state index contributed by atoms with van der Waals surface area (Å²) in [5, 5.41) is 4.71. The molecule has 0 bridgehead atoms. The first-order chi connectivity index (χ1) is 9.69. The van der Waals surface area contributed by atoms with E-state index in [0.29, 0.717) is 29.3 Å². The van der Waals surface area contributed by atoms with Crippen LogP contribution in [0.2, 0.25) is 0 Å². The predicted molar refractivity (Wildman–Crippen MR) is 83.5 cm³/mol. The number of carbonyl (C=O) groups excluding carboxylic acids is 1. The molecule has 2 rings (SSSR count). The highest BCUT2D eigenvalue weighted by Gasteiger charge is 2.07. The van der Waals surface area contributed by atoms with E-state index >= 15 is 0 Å². The monoisotopic (exact) mass is 309 g/mol. The molecular weight excluding hydrogens is 294 g/mol. The number of ether oxygens (including phenoxy) is 1. The fourth-order valence-corrected chi connectivity index (χ4v) is 3.15. The van der Waals surface area contributed by atoms with E-state index in [1.165, 1.54) is 0 Å². The molecule has 7 heteroatoms. The van der Waals surface area contributed by atoms with Crippen LogP contribution < -0.4 is 15.8 Å². The summed E-state index contributed by atoms with van der Waals surface area (Å²) in [6, 6.07) is 5.18. The number of benzene rings is 1. The molecule has 0 fully saturated rings. The highest BCUT2D eigenvalue weighted by atomic mass is 32.2. The lowest BCUT2D eigenvalue weighted by Crippen LogP contribution is -2.13. The lowest BCUT2D eigenvalue weighted by Gasteiger charge is -2.09. The third-order valence-corrected chi connectivity index (χ3v) is 4.46. The Morgan fingerprint density at radius 3 is 3.05 bits per heavy atom. The summed E-state index contributed by atoms with van der Waals surface area (Å²) in [5.41, 5.74) is 6.94. The smallest absolute Gasteiger partial charge is 0.225 e. The van der Waals surface area contributed by atoms with Crippen molar-refractivity contribution in [2.75, 3.05) is 23.9 Å². The average Bonchev–Trinajstić information content (AvgIpc) is 2.94. The average molecular weight is 309 g/mol. The Morgan fingerprint density at radius 1 is 1.55 bits per heavy atom. The number of carbonyl (C=O) groups is 1. The van der Waals surface area contributed by atoms with Gasteiger partial charge in [-0.05, 0) is 12.1 Å². The topological polar surface area (TPSA) is 77.2 Å². The third kappa shape index (κ3) is 4.14. The van der Waals surface area contributed by atoms with Crippen LogP contribution in [0, 0.1) is 0 Å². The van der Waals surface area contributed by atoms with Gasteiger partial charge in [0, 0.05) is 29.8 Å². The number of hydrogen-bond acceptors (Lipinski definition) is 6. The van der Waals surface area contributed by atoms with Gasteiger partial charge in [-0.15, -0.1) is 11.3 Å². The molecule has 0 saturated carbocycles. The predicted octanol–water partition coefficient (Wildman–Crippen LogP) is 2.85. The maximum absolute atomic E-state index is 11.8. The van der Waals surface area contributed by atoms with Crippen LogP contribution in [0.1, 0.15) is 6.42 Å². The van der Waals surface area contributed by atoms with E-state index in [1.807, 2.05) is 5.38 Å². The van der Waals surface area contributed by atoms with Crippen molar-refractivity contribution in [3.63, 3.8) is 0 Å². The van der Waals surface area contributed by atoms with Gasteiger partial charge in [0.1, 0.15) is 10.1 Å². The third-order valence-electron chi connectivity index (χ3n) is 2.50. The highest BCUT2D eigenvalue weighted by Crippen LogP contribution is 2.25. The number of nitrogens with two attached hydrogens (primary N) is 1. The summed E-state index contributed by atoms with van der Waals surface area (Å²) >= 11 is 3.14. The molecule has 0 atom stereocenters. The van der Waals surface area contributed by atoms with Gasteiger partial charge in [0.15, 0.2) is 0 Å². The minimum atomic E-state index is -0.0640. The molecule has 0 unspecified atom stereocenters. The zero-order chi connectivity index (χ0) is 14.4. The minimum Gasteiger partial charge on any atom is -0.497 e. The number of amides is 1. The Hall–Kier alpha value is -1.73. The van der Waals surface area contributed by atoms with Crippen LogP contribution in [0.15, 0.2) is 34.1 Å². The van der Waals surface area contributed by atoms with Gasteiger partial charge in [-0.2, -0.15) is 0 Å². The molecule has 2 aromatic rings. The van der Waals surface area contributed by atoms with Crippen LogP contribution in [-0.2, 0) is 4.79 Å². The standard InChI is InChI=1S/C13H15N3O2S2/c1-18-9-2-3-11(10(14)8-9)16-12(17)4-6-19-13-15-5-7-20-13/h2-3,5,7-8H,4,6,14H2,1H3,(H,16,17). The molecule has 1 aromatic carbocycles. The SMILES string of the molecule is COc1ccc(NC(=O)CCSc2nccs2)c(N)c1. The van der Waals surface area contributed by atoms with E-state index in [1.54, 1.807) is 54.6 Å². The Morgan fingerprint density at radius 2 is 2.40 bits per heavy atom. The van der Waals surface area contributed by atoms with Gasteiger partial charge in [0.05, 0.1) is 18.5 Å². The Bertz CT molecular complexity index is 573. The summed E-state index contributed by atoms with van der Waals surface area (Å²) in [4.78, 5) is 16.0. The fraction of sp³-hybridized carbons (Fsp3) is 0.231. The number of methoxy groups -OCH3 is 1. The van der Waals surface area contributed by atoms with Gasteiger partial charge in [-0.1, -0.05) is 11.8 Å². The molecule has 0 aliphatic carbocycles. The van der Waals surface area contributed by atoms with Crippen molar-refractivity contribution in [2.45, 2.75) is 10.8 Å². The molecule has 0 radical (unpaired) electrons. The van der Waals surface area contributed by atoms with Crippen LogP contribution in [0.25, 0.3) is 0 Å². The van der Waals surface area contributed by atoms with Gasteiger partial charge in [-0.3, -0.25) is 4.79 Å². The maximum atomic E-state index is 11.8. The van der Waals surface area contributed by atoms with Gasteiger partial charge >= 0.3 is 0 Å². The van der Waals surface area contributed by atoms with Crippen molar-refractivity contribution in [3.8, 4) is 5.75 Å². The van der Waals surface area contributed by atoms with Crippen LogP contribution in [0.5, 0.6) is 5.75 Å². The summed E-state index contributed by atoms with van der Waals surface area (Å²) in [5.74, 6) is 1.29. The van der Waals surface area contributed by atoms with Crippen LogP contribution >= 0.6 is 23.1 Å². The number of aromatic nitrogens is 1. The van der Waals surface area contributed by atoms with Gasteiger partial charge in [0.2, 0.25) is 5.91 Å². The number of nitrogens with zero attached hydrogens (tertiary/aromatic N) is 1. The molecule has 0 saturated heterocycles. The molecule has 5 nitrogen and oxygen atoms in total. The Labute approximate surface area is 125 Å². The fourth-order valence-electron chi connectivity index (χ4n) is 1.51. The van der Waals surface area contributed by atoms with Crippen LogP contribution in [0.4, 0.5) is 11.4 Å². The Kier molecular flexibility index (Phi) is 5.25. The van der Waals surface area contributed by atoms with E-state index in [2.05, 4.69) is 10.3 Å². The number of nitrogens with one attached hydrogen (secondary N) is 1. The second-order valence-electron chi connectivity index (χ2n) is 3.90. The van der Waals surface area contributed by atoms with Gasteiger partial charge in [-0.25, -0.2) is 4.98 Å². The van der Waals surface area contributed by atoms with Crippen molar-refractivity contribution < 1.29 is 9.53 Å². The lowest BCUT2D eigenvalue weighted by molar-refractivity contribution is -0.115. The highest BCUT2D eigenvalue weighted by molar-refractivity contribution is 8.01. The second kappa shape index (κ2) is 7.16. The first-order valence-corrected chi connectivity index (χ1v) is 7.81. The maximum Gasteiger partial charge on any atom is 0.225 e. The molecule has 1 aromatic heterocycles. The van der Waals surface area contributed by atoms with Crippen molar-refractivity contribution in [1.29, 1.82) is 0 Å². The molecule has 3 N–H and O–H groups in total. The largest absolute Gasteiger partial charge is 0.497 e. The lowest BCUT2D eigenvalue weighted by atomic mass is 10.2. The first kappa shape index (κ1) is 14.7. The van der Waals surface area contributed by atoms with E-state index in [-0.39, 0.29) is 5.91 Å². The van der Waals surface area contributed by atoms with E-state index in [4.69, 9.17) is 10.5 Å². The normalized spacial score (nSPS) is 10.2. The first-order valence-electron chi connectivity index (χ1n) is 5.94. The summed E-state index contributed by atoms with van der Waals surface area (Å²) in [6.45, 7) is 0. The number of hydrogen-bond donors (Lipinski definition) is 2. The Balaban J connectivity index is 1.82. The second-order valence-corrected chi connectivity index (χ2v) is 6.13. The van der Waals surface area contributed by atoms with Crippen molar-refractivity contribution in [3.05, 3.63) is 29.8 Å². The summed E-state index contributed by atoms with van der Waals surface area (Å²) in [6.07, 6.45) is 2.17.